The number of hydrogen-bond acceptors (Lipinski definition) is 3. The van der Waals surface area contributed by atoms with E-state index in [4.69, 9.17) is 4.74 Å². The van der Waals surface area contributed by atoms with E-state index in [0.29, 0.717) is 0 Å². The fraction of sp³-hybridized carbons (Fsp3) is 1.00. The lowest BCUT2D eigenvalue weighted by Gasteiger charge is -2.32. The number of aliphatic hydroxyl groups is 1. The average molecular weight is 255 g/mol. The van der Waals surface area contributed by atoms with Gasteiger partial charge in [0.1, 0.15) is 0 Å². The number of ether oxygens (including phenoxy) is 1. The van der Waals surface area contributed by atoms with Gasteiger partial charge < -0.3 is 9.84 Å². The molecule has 0 radical (unpaired) electrons. The minimum atomic E-state index is -0.421. The first-order chi connectivity index (χ1) is 8.28. The molecule has 3 nitrogen and oxygen atoms in total. The summed E-state index contributed by atoms with van der Waals surface area (Å²) in [6, 6.07) is 0.761. The van der Waals surface area contributed by atoms with Crippen molar-refractivity contribution in [1.29, 1.82) is 0 Å². The smallest absolute Gasteiger partial charge is 0.0896 e. The molecule has 1 aliphatic heterocycles. The Labute approximate surface area is 112 Å². The Kier molecular flexibility index (Phi) is 3.79. The van der Waals surface area contributed by atoms with E-state index in [1.807, 2.05) is 13.8 Å². The van der Waals surface area contributed by atoms with Gasteiger partial charge in [0.05, 0.1) is 17.3 Å². The SMILES string of the molecule is CCCN(CC1C(O)C(C)(C)OC1(C)C)C1CC1. The molecule has 2 atom stereocenters. The third kappa shape index (κ3) is 2.73. The maximum absolute atomic E-state index is 10.5. The molecule has 2 aliphatic rings. The van der Waals surface area contributed by atoms with Gasteiger partial charge in [0.15, 0.2) is 0 Å². The summed E-state index contributed by atoms with van der Waals surface area (Å²) in [4.78, 5) is 2.56. The lowest BCUT2D eigenvalue weighted by Crippen LogP contribution is -2.44. The largest absolute Gasteiger partial charge is 0.390 e. The van der Waals surface area contributed by atoms with Gasteiger partial charge in [0, 0.05) is 18.5 Å². The van der Waals surface area contributed by atoms with Crippen LogP contribution in [0, 0.1) is 5.92 Å². The second kappa shape index (κ2) is 4.77. The standard InChI is InChI=1S/C15H29NO2/c1-6-9-16(11-7-8-11)10-12-13(17)15(4,5)18-14(12,2)3/h11-13,17H,6-10H2,1-5H3. The van der Waals surface area contributed by atoms with Gasteiger partial charge in [-0.2, -0.15) is 0 Å². The van der Waals surface area contributed by atoms with Gasteiger partial charge in [-0.15, -0.1) is 0 Å². The summed E-state index contributed by atoms with van der Waals surface area (Å²) in [6.07, 6.45) is 3.47. The highest BCUT2D eigenvalue weighted by molar-refractivity contribution is 5.03. The summed E-state index contributed by atoms with van der Waals surface area (Å²) in [7, 11) is 0. The van der Waals surface area contributed by atoms with E-state index >= 15 is 0 Å². The molecule has 0 aromatic heterocycles. The third-order valence-corrected chi connectivity index (χ3v) is 4.52. The topological polar surface area (TPSA) is 32.7 Å². The molecule has 18 heavy (non-hydrogen) atoms. The minimum absolute atomic E-state index is 0.208. The van der Waals surface area contributed by atoms with Gasteiger partial charge in [-0.25, -0.2) is 0 Å². The van der Waals surface area contributed by atoms with Gasteiger partial charge in [-0.1, -0.05) is 6.92 Å². The Bertz CT molecular complexity index is 297. The van der Waals surface area contributed by atoms with Crippen LogP contribution < -0.4 is 0 Å². The average Bonchev–Trinajstić information content (AvgIpc) is 3.02. The molecule has 2 fully saturated rings. The van der Waals surface area contributed by atoms with Crippen LogP contribution in [0.5, 0.6) is 0 Å². The number of rotatable bonds is 5. The van der Waals surface area contributed by atoms with Crippen LogP contribution in [0.3, 0.4) is 0 Å². The molecule has 0 aromatic carbocycles. The summed E-state index contributed by atoms with van der Waals surface area (Å²) >= 11 is 0. The van der Waals surface area contributed by atoms with Crippen LogP contribution in [0.25, 0.3) is 0 Å². The summed E-state index contributed by atoms with van der Waals surface area (Å²) < 4.78 is 6.06. The summed E-state index contributed by atoms with van der Waals surface area (Å²) in [5.41, 5.74) is -0.653. The van der Waals surface area contributed by atoms with Crippen molar-refractivity contribution in [3.05, 3.63) is 0 Å². The van der Waals surface area contributed by atoms with Crippen molar-refractivity contribution in [3.63, 3.8) is 0 Å². The predicted octanol–water partition coefficient (Wildman–Crippen LogP) is 2.43. The molecule has 3 heteroatoms. The first kappa shape index (κ1) is 14.3. The van der Waals surface area contributed by atoms with Crippen LogP contribution in [0.4, 0.5) is 0 Å². The lowest BCUT2D eigenvalue weighted by atomic mass is 9.84. The van der Waals surface area contributed by atoms with E-state index in [1.54, 1.807) is 0 Å². The summed E-state index contributed by atoms with van der Waals surface area (Å²) in [6.45, 7) is 12.6. The lowest BCUT2D eigenvalue weighted by molar-refractivity contribution is -0.0914. The van der Waals surface area contributed by atoms with Crippen molar-refractivity contribution in [2.45, 2.75) is 77.2 Å². The molecule has 1 saturated heterocycles. The van der Waals surface area contributed by atoms with Crippen LogP contribution in [0.2, 0.25) is 0 Å². The Morgan fingerprint density at radius 2 is 1.78 bits per heavy atom. The molecule has 0 aromatic rings. The Morgan fingerprint density at radius 3 is 2.17 bits per heavy atom. The minimum Gasteiger partial charge on any atom is -0.390 e. The van der Waals surface area contributed by atoms with Gasteiger partial charge in [0.25, 0.3) is 0 Å². The predicted molar refractivity (Wildman–Crippen MR) is 73.6 cm³/mol. The van der Waals surface area contributed by atoms with Gasteiger partial charge >= 0.3 is 0 Å². The maximum atomic E-state index is 10.5. The molecular weight excluding hydrogens is 226 g/mol. The molecule has 1 saturated carbocycles. The summed E-state index contributed by atoms with van der Waals surface area (Å²) in [5, 5.41) is 10.5. The number of aliphatic hydroxyl groups excluding tert-OH is 1. The van der Waals surface area contributed by atoms with Crippen molar-refractivity contribution in [1.82, 2.24) is 4.90 Å². The maximum Gasteiger partial charge on any atom is 0.0896 e. The Hall–Kier alpha value is -0.120. The van der Waals surface area contributed by atoms with E-state index < -0.39 is 5.60 Å². The zero-order valence-corrected chi connectivity index (χ0v) is 12.6. The number of hydrogen-bond donors (Lipinski definition) is 1. The van der Waals surface area contributed by atoms with Crippen LogP contribution in [-0.2, 0) is 4.74 Å². The molecule has 1 heterocycles. The van der Waals surface area contributed by atoms with Crippen molar-refractivity contribution in [2.24, 2.45) is 5.92 Å². The fourth-order valence-corrected chi connectivity index (χ4v) is 3.40. The van der Waals surface area contributed by atoms with E-state index in [1.165, 1.54) is 19.3 Å². The van der Waals surface area contributed by atoms with Gasteiger partial charge in [-0.05, 0) is 53.5 Å². The van der Waals surface area contributed by atoms with Crippen molar-refractivity contribution < 1.29 is 9.84 Å². The highest BCUT2D eigenvalue weighted by Crippen LogP contribution is 2.43. The number of nitrogens with zero attached hydrogens (tertiary/aromatic N) is 1. The van der Waals surface area contributed by atoms with Crippen LogP contribution >= 0.6 is 0 Å². The molecule has 106 valence electrons. The molecule has 2 unspecified atom stereocenters. The van der Waals surface area contributed by atoms with Gasteiger partial charge in [0.2, 0.25) is 0 Å². The molecule has 2 rings (SSSR count). The highest BCUT2D eigenvalue weighted by Gasteiger charge is 2.54. The van der Waals surface area contributed by atoms with E-state index in [2.05, 4.69) is 25.7 Å². The monoisotopic (exact) mass is 255 g/mol. The molecule has 1 aliphatic carbocycles. The van der Waals surface area contributed by atoms with E-state index in [9.17, 15) is 5.11 Å². The van der Waals surface area contributed by atoms with Crippen LogP contribution in [-0.4, -0.2) is 46.4 Å². The van der Waals surface area contributed by atoms with E-state index in [0.717, 1.165) is 19.1 Å². The summed E-state index contributed by atoms with van der Waals surface area (Å²) in [5.74, 6) is 0.208. The zero-order valence-electron chi connectivity index (χ0n) is 12.6. The Morgan fingerprint density at radius 1 is 1.17 bits per heavy atom. The normalized spacial score (nSPS) is 34.2. The first-order valence-electron chi connectivity index (χ1n) is 7.40. The fourth-order valence-electron chi connectivity index (χ4n) is 3.40. The van der Waals surface area contributed by atoms with Gasteiger partial charge in [-0.3, -0.25) is 4.90 Å². The van der Waals surface area contributed by atoms with E-state index in [-0.39, 0.29) is 17.6 Å². The highest BCUT2D eigenvalue weighted by atomic mass is 16.5. The van der Waals surface area contributed by atoms with Crippen molar-refractivity contribution in [2.75, 3.05) is 13.1 Å². The van der Waals surface area contributed by atoms with Crippen LogP contribution in [0.1, 0.15) is 53.9 Å². The Balaban J connectivity index is 2.06. The van der Waals surface area contributed by atoms with Crippen LogP contribution in [0.15, 0.2) is 0 Å². The zero-order chi connectivity index (χ0) is 13.6. The molecular formula is C15H29NO2. The van der Waals surface area contributed by atoms with Crippen molar-refractivity contribution >= 4 is 0 Å². The third-order valence-electron chi connectivity index (χ3n) is 4.52. The molecule has 0 spiro atoms. The first-order valence-corrected chi connectivity index (χ1v) is 7.40. The van der Waals surface area contributed by atoms with Crippen molar-refractivity contribution in [3.8, 4) is 0 Å². The quantitative estimate of drug-likeness (QED) is 0.819. The molecule has 0 bridgehead atoms. The molecule has 1 N–H and O–H groups in total. The second-order valence-corrected chi connectivity index (χ2v) is 7.09. The molecule has 0 amide bonds. The second-order valence-electron chi connectivity index (χ2n) is 7.09.